The van der Waals surface area contributed by atoms with E-state index >= 15 is 0 Å². The molecule has 3 heteroatoms. The lowest BCUT2D eigenvalue weighted by molar-refractivity contribution is -0.142. The number of carbonyl (C=O) groups excluding carboxylic acids is 1. The van der Waals surface area contributed by atoms with Crippen LogP contribution in [-0.2, 0) is 15.0 Å². The van der Waals surface area contributed by atoms with Crippen LogP contribution >= 0.6 is 0 Å². The van der Waals surface area contributed by atoms with Crippen LogP contribution in [-0.4, -0.2) is 17.9 Å². The van der Waals surface area contributed by atoms with Crippen LogP contribution in [0, 0.1) is 5.92 Å². The topological polar surface area (TPSA) is 54.4 Å². The SMILES string of the molecule is C=O.CC.CC.CCC(CC(C)(C)c1ccccc1)C(=O)O. The molecule has 128 valence electrons. The fourth-order valence-corrected chi connectivity index (χ4v) is 2.03. The molecule has 0 spiro atoms. The summed E-state index contributed by atoms with van der Waals surface area (Å²) in [6, 6.07) is 10.1. The molecule has 0 aliphatic heterocycles. The van der Waals surface area contributed by atoms with E-state index in [-0.39, 0.29) is 11.3 Å². The smallest absolute Gasteiger partial charge is 0.306 e. The average Bonchev–Trinajstić information content (AvgIpc) is 2.58. The highest BCUT2D eigenvalue weighted by Gasteiger charge is 2.27. The van der Waals surface area contributed by atoms with Gasteiger partial charge in [-0.05, 0) is 23.8 Å². The van der Waals surface area contributed by atoms with Crippen molar-refractivity contribution in [2.75, 3.05) is 0 Å². The lowest BCUT2D eigenvalue weighted by atomic mass is 9.76. The van der Waals surface area contributed by atoms with Gasteiger partial charge in [0.2, 0.25) is 0 Å². The maximum atomic E-state index is 11.0. The largest absolute Gasteiger partial charge is 0.481 e. The minimum Gasteiger partial charge on any atom is -0.481 e. The fourth-order valence-electron chi connectivity index (χ4n) is 2.03. The first kappa shape index (κ1) is 25.3. The normalized spacial score (nSPS) is 10.5. The predicted molar refractivity (Wildman–Crippen MR) is 95.3 cm³/mol. The molecule has 0 aliphatic rings. The van der Waals surface area contributed by atoms with Crippen LogP contribution in [0.5, 0.6) is 0 Å². The van der Waals surface area contributed by atoms with E-state index in [0.717, 1.165) is 0 Å². The van der Waals surface area contributed by atoms with Crippen molar-refractivity contribution in [2.45, 2.75) is 66.7 Å². The number of benzene rings is 1. The summed E-state index contributed by atoms with van der Waals surface area (Å²) in [6.07, 6.45) is 1.37. The Hall–Kier alpha value is -1.64. The molecule has 0 heterocycles. The van der Waals surface area contributed by atoms with Gasteiger partial charge in [-0.25, -0.2) is 0 Å². The summed E-state index contributed by atoms with van der Waals surface area (Å²) in [5.74, 6) is -0.943. The molecule has 0 amide bonds. The van der Waals surface area contributed by atoms with Gasteiger partial charge in [0.05, 0.1) is 5.92 Å². The van der Waals surface area contributed by atoms with Gasteiger partial charge < -0.3 is 9.90 Å². The Kier molecular flexibility index (Phi) is 18.1. The Morgan fingerprint density at radius 3 is 1.82 bits per heavy atom. The number of carbonyl (C=O) groups is 2. The van der Waals surface area contributed by atoms with E-state index in [1.54, 1.807) is 0 Å². The summed E-state index contributed by atoms with van der Waals surface area (Å²) >= 11 is 0. The minimum atomic E-state index is -0.688. The second-order valence-corrected chi connectivity index (χ2v) is 4.90. The standard InChI is InChI=1S/C14H20O2.2C2H6.CH2O/c1-4-11(13(15)16)10-14(2,3)12-8-6-5-7-9-12;3*1-2/h5-9,11H,4,10H2,1-3H3,(H,15,16);2*1-2H3;1H2. The van der Waals surface area contributed by atoms with Crippen molar-refractivity contribution in [3.63, 3.8) is 0 Å². The Morgan fingerprint density at radius 1 is 1.09 bits per heavy atom. The summed E-state index contributed by atoms with van der Waals surface area (Å²) in [7, 11) is 0. The number of aliphatic carboxylic acids is 1. The fraction of sp³-hybridized carbons (Fsp3) is 0.579. The van der Waals surface area contributed by atoms with Crippen molar-refractivity contribution < 1.29 is 14.7 Å². The van der Waals surface area contributed by atoms with Crippen LogP contribution in [0.1, 0.15) is 66.9 Å². The second kappa shape index (κ2) is 15.7. The summed E-state index contributed by atoms with van der Waals surface area (Å²) in [4.78, 5) is 19.0. The molecular weight excluding hydrogens is 276 g/mol. The predicted octanol–water partition coefficient (Wildman–Crippen LogP) is 5.33. The van der Waals surface area contributed by atoms with Crippen molar-refractivity contribution in [1.29, 1.82) is 0 Å². The Morgan fingerprint density at radius 2 is 1.50 bits per heavy atom. The second-order valence-electron chi connectivity index (χ2n) is 4.90. The molecule has 1 atom stereocenters. The quantitative estimate of drug-likeness (QED) is 0.799. The van der Waals surface area contributed by atoms with Crippen LogP contribution in [0.25, 0.3) is 0 Å². The zero-order valence-electron chi connectivity index (χ0n) is 15.3. The number of carboxylic acids is 1. The minimum absolute atomic E-state index is 0.0830. The van der Waals surface area contributed by atoms with Gasteiger partial charge in [0.25, 0.3) is 0 Å². The third-order valence-corrected chi connectivity index (χ3v) is 3.15. The van der Waals surface area contributed by atoms with Gasteiger partial charge in [0.15, 0.2) is 0 Å². The molecular formula is C19H34O3. The Bertz CT molecular complexity index is 358. The number of hydrogen-bond donors (Lipinski definition) is 1. The van der Waals surface area contributed by atoms with Gasteiger partial charge in [-0.3, -0.25) is 4.79 Å². The van der Waals surface area contributed by atoms with E-state index in [1.807, 2.05) is 59.6 Å². The van der Waals surface area contributed by atoms with E-state index in [9.17, 15) is 4.79 Å². The van der Waals surface area contributed by atoms with Crippen molar-refractivity contribution in [3.8, 4) is 0 Å². The van der Waals surface area contributed by atoms with Crippen molar-refractivity contribution >= 4 is 12.8 Å². The molecule has 1 aromatic carbocycles. The lowest BCUT2D eigenvalue weighted by Crippen LogP contribution is -2.25. The summed E-state index contributed by atoms with van der Waals surface area (Å²) in [5, 5.41) is 9.08. The molecule has 1 aromatic rings. The van der Waals surface area contributed by atoms with Gasteiger partial charge in [-0.15, -0.1) is 0 Å². The molecule has 3 nitrogen and oxygen atoms in total. The van der Waals surface area contributed by atoms with Crippen molar-refractivity contribution in [1.82, 2.24) is 0 Å². The third kappa shape index (κ3) is 10.1. The van der Waals surface area contributed by atoms with E-state index in [0.29, 0.717) is 12.8 Å². The van der Waals surface area contributed by atoms with Crippen LogP contribution in [0.2, 0.25) is 0 Å². The van der Waals surface area contributed by atoms with Gasteiger partial charge in [-0.1, -0.05) is 78.8 Å². The maximum Gasteiger partial charge on any atom is 0.306 e. The molecule has 0 aromatic heterocycles. The Labute approximate surface area is 136 Å². The van der Waals surface area contributed by atoms with Gasteiger partial charge >= 0.3 is 5.97 Å². The molecule has 0 fully saturated rings. The van der Waals surface area contributed by atoms with Crippen molar-refractivity contribution in [3.05, 3.63) is 35.9 Å². The molecule has 0 saturated carbocycles. The molecule has 22 heavy (non-hydrogen) atoms. The monoisotopic (exact) mass is 310 g/mol. The van der Waals surface area contributed by atoms with Crippen LogP contribution < -0.4 is 0 Å². The molecule has 0 radical (unpaired) electrons. The highest BCUT2D eigenvalue weighted by molar-refractivity contribution is 5.70. The maximum absolute atomic E-state index is 11.0. The van der Waals surface area contributed by atoms with E-state index in [1.165, 1.54) is 5.56 Å². The van der Waals surface area contributed by atoms with E-state index in [4.69, 9.17) is 9.90 Å². The molecule has 0 aliphatic carbocycles. The summed E-state index contributed by atoms with van der Waals surface area (Å²) in [6.45, 7) is 16.1. The molecule has 1 unspecified atom stereocenters. The molecule has 1 rings (SSSR count). The number of rotatable bonds is 5. The highest BCUT2D eigenvalue weighted by Crippen LogP contribution is 2.31. The lowest BCUT2D eigenvalue weighted by Gasteiger charge is -2.28. The average molecular weight is 310 g/mol. The van der Waals surface area contributed by atoms with Crippen LogP contribution in [0.15, 0.2) is 30.3 Å². The molecule has 0 saturated heterocycles. The van der Waals surface area contributed by atoms with E-state index < -0.39 is 5.97 Å². The highest BCUT2D eigenvalue weighted by atomic mass is 16.4. The zero-order chi connectivity index (χ0) is 18.2. The van der Waals surface area contributed by atoms with Crippen molar-refractivity contribution in [2.24, 2.45) is 5.92 Å². The van der Waals surface area contributed by atoms with E-state index in [2.05, 4.69) is 26.0 Å². The number of carboxylic acid groups (broad SMARTS) is 1. The number of hydrogen-bond acceptors (Lipinski definition) is 2. The van der Waals surface area contributed by atoms with Gasteiger partial charge in [0, 0.05) is 0 Å². The first-order valence-electron chi connectivity index (χ1n) is 8.04. The van der Waals surface area contributed by atoms with Crippen LogP contribution in [0.4, 0.5) is 0 Å². The Balaban J connectivity index is -0.000000535. The summed E-state index contributed by atoms with van der Waals surface area (Å²) in [5.41, 5.74) is 1.12. The third-order valence-electron chi connectivity index (χ3n) is 3.15. The van der Waals surface area contributed by atoms with Gasteiger partial charge in [-0.2, -0.15) is 0 Å². The van der Waals surface area contributed by atoms with Gasteiger partial charge in [0.1, 0.15) is 6.79 Å². The first-order chi connectivity index (χ1) is 10.5. The summed E-state index contributed by atoms with van der Waals surface area (Å²) < 4.78 is 0. The zero-order valence-corrected chi connectivity index (χ0v) is 15.3. The first-order valence-corrected chi connectivity index (χ1v) is 8.04. The van der Waals surface area contributed by atoms with Crippen LogP contribution in [0.3, 0.4) is 0 Å². The molecule has 1 N–H and O–H groups in total. The molecule has 0 bridgehead atoms.